The third kappa shape index (κ3) is 4.78. The van der Waals surface area contributed by atoms with Crippen LogP contribution in [0, 0.1) is 5.92 Å². The van der Waals surface area contributed by atoms with Crippen molar-refractivity contribution in [2.24, 2.45) is 5.92 Å². The Morgan fingerprint density at radius 2 is 1.84 bits per heavy atom. The van der Waals surface area contributed by atoms with Gasteiger partial charge in [-0.15, -0.1) is 11.3 Å². The van der Waals surface area contributed by atoms with Crippen LogP contribution >= 0.6 is 22.0 Å². The number of thiazole rings is 1. The first-order valence-electron chi connectivity index (χ1n) is 10.5. The Balaban J connectivity index is 1.86. The summed E-state index contributed by atoms with van der Waals surface area (Å²) in [4.78, 5) is 18.1. The maximum Gasteiger partial charge on any atom is 0.367 e. The molecule has 1 saturated carbocycles. The molecule has 0 aliphatic heterocycles. The van der Waals surface area contributed by atoms with Crippen LogP contribution in [-0.4, -0.2) is 26.0 Å². The lowest BCUT2D eigenvalue weighted by atomic mass is 9.85. The van der Waals surface area contributed by atoms with Crippen LogP contribution in [0.5, 0.6) is 0 Å². The molecule has 0 atom stereocenters. The van der Waals surface area contributed by atoms with E-state index in [4.69, 9.17) is 15.4 Å². The molecular weight excluding hydrogens is 454 g/mol. The summed E-state index contributed by atoms with van der Waals surface area (Å²) in [6.45, 7) is 2.06. The second-order valence-corrected chi connectivity index (χ2v) is 11.4. The molecule has 1 aromatic heterocycles. The van der Waals surface area contributed by atoms with Crippen LogP contribution in [0.4, 0.5) is 0 Å². The fourth-order valence-electron chi connectivity index (χ4n) is 4.33. The highest BCUT2D eigenvalue weighted by Gasteiger charge is 2.25. The summed E-state index contributed by atoms with van der Waals surface area (Å²) in [6, 6.07) is 10.6. The summed E-state index contributed by atoms with van der Waals surface area (Å²) < 4.78 is 29.4. The van der Waals surface area contributed by atoms with Crippen LogP contribution in [0.25, 0.3) is 21.2 Å². The van der Waals surface area contributed by atoms with E-state index in [9.17, 15) is 13.2 Å². The SMILES string of the molecule is CCOC(=O)c1nc(CC2CCCCC2)c(-c2ccc(S(=O)(=O)Cl)c3ccccc23)s1. The Labute approximate surface area is 190 Å². The zero-order valence-corrected chi connectivity index (χ0v) is 19.7. The van der Waals surface area contributed by atoms with Crippen molar-refractivity contribution in [2.45, 2.75) is 50.3 Å². The van der Waals surface area contributed by atoms with E-state index in [0.29, 0.717) is 16.3 Å². The first kappa shape index (κ1) is 22.2. The molecule has 1 aliphatic carbocycles. The number of nitrogens with zero attached hydrogens (tertiary/aromatic N) is 1. The first-order chi connectivity index (χ1) is 14.9. The largest absolute Gasteiger partial charge is 0.461 e. The zero-order chi connectivity index (χ0) is 22.0. The van der Waals surface area contributed by atoms with Gasteiger partial charge in [-0.05, 0) is 30.7 Å². The molecule has 31 heavy (non-hydrogen) atoms. The molecule has 0 N–H and O–H groups in total. The lowest BCUT2D eigenvalue weighted by molar-refractivity contribution is 0.0525. The van der Waals surface area contributed by atoms with Crippen molar-refractivity contribution >= 4 is 47.8 Å². The average Bonchev–Trinajstić information content (AvgIpc) is 3.17. The van der Waals surface area contributed by atoms with E-state index in [-0.39, 0.29) is 11.5 Å². The predicted molar refractivity (Wildman–Crippen MR) is 124 cm³/mol. The molecule has 2 aromatic carbocycles. The van der Waals surface area contributed by atoms with Crippen LogP contribution in [0.1, 0.15) is 54.5 Å². The second-order valence-electron chi connectivity index (χ2n) is 7.82. The number of aromatic nitrogens is 1. The molecule has 5 nitrogen and oxygen atoms in total. The normalized spacial score (nSPS) is 15.3. The summed E-state index contributed by atoms with van der Waals surface area (Å²) in [5.41, 5.74) is 1.74. The van der Waals surface area contributed by atoms with Gasteiger partial charge in [0.2, 0.25) is 5.01 Å². The van der Waals surface area contributed by atoms with Gasteiger partial charge in [-0.25, -0.2) is 18.2 Å². The summed E-state index contributed by atoms with van der Waals surface area (Å²) >= 11 is 1.31. The van der Waals surface area contributed by atoms with Crippen LogP contribution < -0.4 is 0 Å². The molecule has 0 saturated heterocycles. The van der Waals surface area contributed by atoms with Crippen molar-refractivity contribution in [1.29, 1.82) is 0 Å². The van der Waals surface area contributed by atoms with E-state index < -0.39 is 15.0 Å². The summed E-state index contributed by atoms with van der Waals surface area (Å²) in [5, 5.41) is 1.67. The van der Waals surface area contributed by atoms with Crippen molar-refractivity contribution < 1.29 is 17.9 Å². The van der Waals surface area contributed by atoms with Crippen molar-refractivity contribution in [3.8, 4) is 10.4 Å². The van der Waals surface area contributed by atoms with E-state index in [1.54, 1.807) is 25.1 Å². The van der Waals surface area contributed by atoms with E-state index in [2.05, 4.69) is 4.98 Å². The van der Waals surface area contributed by atoms with Crippen LogP contribution in [0.2, 0.25) is 0 Å². The summed E-state index contributed by atoms with van der Waals surface area (Å²) in [7, 11) is 1.79. The molecule has 0 radical (unpaired) electrons. The third-order valence-corrected chi connectivity index (χ3v) is 8.24. The fraction of sp³-hybridized carbons (Fsp3) is 0.391. The molecule has 4 rings (SSSR count). The fourth-order valence-corrected chi connectivity index (χ4v) is 6.43. The third-order valence-electron chi connectivity index (χ3n) is 5.75. The molecule has 0 bridgehead atoms. The van der Waals surface area contributed by atoms with Gasteiger partial charge >= 0.3 is 5.97 Å². The number of halogens is 1. The number of carbonyl (C=O) groups is 1. The van der Waals surface area contributed by atoms with Gasteiger partial charge in [-0.2, -0.15) is 0 Å². The van der Waals surface area contributed by atoms with Crippen LogP contribution in [0.3, 0.4) is 0 Å². The highest BCUT2D eigenvalue weighted by atomic mass is 35.7. The lowest BCUT2D eigenvalue weighted by Gasteiger charge is -2.21. The minimum Gasteiger partial charge on any atom is -0.461 e. The average molecular weight is 478 g/mol. The molecule has 0 spiro atoms. The second kappa shape index (κ2) is 9.27. The maximum absolute atomic E-state index is 12.4. The maximum atomic E-state index is 12.4. The van der Waals surface area contributed by atoms with E-state index in [1.807, 2.05) is 12.1 Å². The Morgan fingerprint density at radius 1 is 1.13 bits per heavy atom. The zero-order valence-electron chi connectivity index (χ0n) is 17.3. The number of hydrogen-bond acceptors (Lipinski definition) is 6. The number of ether oxygens (including phenoxy) is 1. The minimum atomic E-state index is -3.89. The number of carbonyl (C=O) groups excluding carboxylic acids is 1. The highest BCUT2D eigenvalue weighted by molar-refractivity contribution is 8.14. The van der Waals surface area contributed by atoms with Gasteiger partial charge in [0.1, 0.15) is 0 Å². The Kier molecular flexibility index (Phi) is 6.65. The molecule has 3 aromatic rings. The molecule has 0 unspecified atom stereocenters. The lowest BCUT2D eigenvalue weighted by Crippen LogP contribution is -2.10. The molecule has 1 heterocycles. The number of fused-ring (bicyclic) bond motifs is 1. The van der Waals surface area contributed by atoms with Crippen molar-refractivity contribution in [2.75, 3.05) is 6.61 Å². The molecule has 164 valence electrons. The molecule has 1 fully saturated rings. The van der Waals surface area contributed by atoms with E-state index in [1.165, 1.54) is 36.7 Å². The van der Waals surface area contributed by atoms with Gasteiger partial charge in [0.15, 0.2) is 0 Å². The molecular formula is C23H24ClNO4S2. The number of benzene rings is 2. The van der Waals surface area contributed by atoms with E-state index >= 15 is 0 Å². The van der Waals surface area contributed by atoms with Gasteiger partial charge in [0.05, 0.1) is 22.1 Å². The van der Waals surface area contributed by atoms with Gasteiger partial charge in [0.25, 0.3) is 9.05 Å². The van der Waals surface area contributed by atoms with Crippen molar-refractivity contribution in [3.05, 3.63) is 47.1 Å². The Morgan fingerprint density at radius 3 is 2.52 bits per heavy atom. The van der Waals surface area contributed by atoms with Gasteiger partial charge in [-0.3, -0.25) is 0 Å². The molecule has 0 amide bonds. The Bertz CT molecular complexity index is 1210. The molecule has 1 aliphatic rings. The van der Waals surface area contributed by atoms with Gasteiger partial charge < -0.3 is 4.74 Å². The number of esters is 1. The number of hydrogen-bond donors (Lipinski definition) is 0. The van der Waals surface area contributed by atoms with Crippen molar-refractivity contribution in [1.82, 2.24) is 4.98 Å². The molecule has 8 heteroatoms. The monoisotopic (exact) mass is 477 g/mol. The predicted octanol–water partition coefficient (Wildman–Crippen LogP) is 6.19. The van der Waals surface area contributed by atoms with Gasteiger partial charge in [0, 0.05) is 21.6 Å². The summed E-state index contributed by atoms with van der Waals surface area (Å²) in [6.07, 6.45) is 6.84. The van der Waals surface area contributed by atoms with Crippen LogP contribution in [0.15, 0.2) is 41.3 Å². The Hall–Kier alpha value is -1.96. The highest BCUT2D eigenvalue weighted by Crippen LogP contribution is 2.40. The van der Waals surface area contributed by atoms with E-state index in [0.717, 1.165) is 40.8 Å². The topological polar surface area (TPSA) is 73.3 Å². The standard InChI is InChI=1S/C23H24ClNO4S2/c1-2-29-23(26)22-25-19(14-15-8-4-3-5-9-15)21(30-22)18-12-13-20(31(24,27)28)17-11-7-6-10-16(17)18/h6-7,10-13,15H,2-5,8-9,14H2,1H3. The smallest absolute Gasteiger partial charge is 0.367 e. The van der Waals surface area contributed by atoms with Crippen molar-refractivity contribution in [3.63, 3.8) is 0 Å². The first-order valence-corrected chi connectivity index (χ1v) is 13.6. The quantitative estimate of drug-likeness (QED) is 0.312. The number of rotatable bonds is 6. The van der Waals surface area contributed by atoms with Gasteiger partial charge in [-0.1, -0.05) is 62.4 Å². The summed E-state index contributed by atoms with van der Waals surface area (Å²) in [5.74, 6) is 0.117. The van der Waals surface area contributed by atoms with Crippen LogP contribution in [-0.2, 0) is 20.2 Å². The minimum absolute atomic E-state index is 0.0810.